The Hall–Kier alpha value is -1.24. The Morgan fingerprint density at radius 1 is 0.875 bits per heavy atom. The Balaban J connectivity index is 2.22. The number of hydrogen-bond acceptors (Lipinski definition) is 1. The first kappa shape index (κ1) is 20.8. The molecule has 0 unspecified atom stereocenters. The molecule has 0 spiro atoms. The maximum atomic E-state index is 4.04. The maximum Gasteiger partial charge on any atom is 0.0429 e. The SMILES string of the molecule is C=CN(Cc1ccccc1)C(C)(C)CCCCCCCCCCC. The van der Waals surface area contributed by atoms with Gasteiger partial charge in [0.15, 0.2) is 0 Å². The van der Waals surface area contributed by atoms with Gasteiger partial charge in [0.2, 0.25) is 0 Å². The highest BCUT2D eigenvalue weighted by Crippen LogP contribution is 2.25. The standard InChI is InChI=1S/C23H39N/c1-5-7-8-9-10-11-12-13-17-20-23(3,4)24(6-2)21-22-18-15-14-16-19-22/h6,14-16,18-19H,2,5,7-13,17,20-21H2,1,3-4H3. The number of benzene rings is 1. The van der Waals surface area contributed by atoms with E-state index in [0.29, 0.717) is 0 Å². The molecule has 0 aliphatic rings. The molecule has 0 amide bonds. The molecular formula is C23H39N. The lowest BCUT2D eigenvalue weighted by molar-refractivity contribution is 0.160. The second-order valence-corrected chi connectivity index (χ2v) is 7.69. The molecule has 0 saturated carbocycles. The number of rotatable bonds is 14. The van der Waals surface area contributed by atoms with E-state index in [2.05, 4.69) is 62.6 Å². The van der Waals surface area contributed by atoms with Crippen molar-refractivity contribution < 1.29 is 0 Å². The lowest BCUT2D eigenvalue weighted by atomic mass is 9.93. The molecule has 24 heavy (non-hydrogen) atoms. The van der Waals surface area contributed by atoms with E-state index in [1.54, 1.807) is 0 Å². The third-order valence-electron chi connectivity index (χ3n) is 5.09. The van der Waals surface area contributed by atoms with E-state index >= 15 is 0 Å². The van der Waals surface area contributed by atoms with E-state index in [4.69, 9.17) is 0 Å². The van der Waals surface area contributed by atoms with Gasteiger partial charge < -0.3 is 4.90 Å². The quantitative estimate of drug-likeness (QED) is 0.323. The summed E-state index contributed by atoms with van der Waals surface area (Å²) in [5, 5.41) is 0. The molecule has 0 N–H and O–H groups in total. The first-order valence-corrected chi connectivity index (χ1v) is 10.0. The molecule has 0 atom stereocenters. The van der Waals surface area contributed by atoms with Gasteiger partial charge in [-0.2, -0.15) is 0 Å². The number of unbranched alkanes of at least 4 members (excludes halogenated alkanes) is 8. The fourth-order valence-electron chi connectivity index (χ4n) is 3.32. The third kappa shape index (κ3) is 8.57. The summed E-state index contributed by atoms with van der Waals surface area (Å²) in [6.07, 6.45) is 15.8. The average molecular weight is 330 g/mol. The van der Waals surface area contributed by atoms with Crippen LogP contribution in [-0.2, 0) is 6.54 Å². The lowest BCUT2D eigenvalue weighted by Gasteiger charge is -2.38. The summed E-state index contributed by atoms with van der Waals surface area (Å²) >= 11 is 0. The van der Waals surface area contributed by atoms with Crippen LogP contribution in [0.5, 0.6) is 0 Å². The van der Waals surface area contributed by atoms with Crippen molar-refractivity contribution in [2.24, 2.45) is 0 Å². The molecule has 0 aliphatic heterocycles. The number of hydrogen-bond donors (Lipinski definition) is 0. The van der Waals surface area contributed by atoms with Gasteiger partial charge in [-0.1, -0.05) is 102 Å². The molecule has 0 aromatic heterocycles. The van der Waals surface area contributed by atoms with Crippen LogP contribution >= 0.6 is 0 Å². The minimum Gasteiger partial charge on any atom is -0.369 e. The summed E-state index contributed by atoms with van der Waals surface area (Å²) in [4.78, 5) is 2.40. The summed E-state index contributed by atoms with van der Waals surface area (Å²) in [6, 6.07) is 10.7. The maximum absolute atomic E-state index is 4.04. The van der Waals surface area contributed by atoms with Crippen molar-refractivity contribution in [3.05, 3.63) is 48.7 Å². The zero-order chi connectivity index (χ0) is 17.7. The normalized spacial score (nSPS) is 11.5. The second kappa shape index (κ2) is 12.2. The summed E-state index contributed by atoms with van der Waals surface area (Å²) in [7, 11) is 0. The first-order chi connectivity index (χ1) is 11.6. The van der Waals surface area contributed by atoms with Crippen molar-refractivity contribution in [1.82, 2.24) is 4.90 Å². The Morgan fingerprint density at radius 2 is 1.42 bits per heavy atom. The Kier molecular flexibility index (Phi) is 10.5. The molecule has 0 saturated heterocycles. The van der Waals surface area contributed by atoms with Crippen LogP contribution in [0.4, 0.5) is 0 Å². The Morgan fingerprint density at radius 3 is 1.96 bits per heavy atom. The molecule has 1 aromatic carbocycles. The predicted molar refractivity (Wildman–Crippen MR) is 108 cm³/mol. The van der Waals surface area contributed by atoms with Crippen LogP contribution in [0, 0.1) is 0 Å². The van der Waals surface area contributed by atoms with Gasteiger partial charge in [-0.05, 0) is 32.0 Å². The summed E-state index contributed by atoms with van der Waals surface area (Å²) in [5.41, 5.74) is 1.54. The zero-order valence-electron chi connectivity index (χ0n) is 16.4. The van der Waals surface area contributed by atoms with Gasteiger partial charge in [0.05, 0.1) is 0 Å². The molecule has 0 heterocycles. The van der Waals surface area contributed by atoms with Gasteiger partial charge in [0.1, 0.15) is 0 Å². The fourth-order valence-corrected chi connectivity index (χ4v) is 3.32. The summed E-state index contributed by atoms with van der Waals surface area (Å²) < 4.78 is 0. The lowest BCUT2D eigenvalue weighted by Crippen LogP contribution is -2.39. The molecule has 1 nitrogen and oxygen atoms in total. The van der Waals surface area contributed by atoms with Crippen LogP contribution in [-0.4, -0.2) is 10.4 Å². The van der Waals surface area contributed by atoms with Crippen LogP contribution in [0.3, 0.4) is 0 Å². The predicted octanol–water partition coefficient (Wildman–Crippen LogP) is 7.33. The Bertz CT molecular complexity index is 421. The average Bonchev–Trinajstić information content (AvgIpc) is 2.59. The summed E-state index contributed by atoms with van der Waals surface area (Å²) in [5.74, 6) is 0. The van der Waals surface area contributed by atoms with Crippen LogP contribution in [0.25, 0.3) is 0 Å². The fraction of sp³-hybridized carbons (Fsp3) is 0.652. The zero-order valence-corrected chi connectivity index (χ0v) is 16.4. The van der Waals surface area contributed by atoms with Crippen LogP contribution in [0.1, 0.15) is 90.5 Å². The van der Waals surface area contributed by atoms with Gasteiger partial charge in [0.25, 0.3) is 0 Å². The molecular weight excluding hydrogens is 290 g/mol. The third-order valence-corrected chi connectivity index (χ3v) is 5.09. The first-order valence-electron chi connectivity index (χ1n) is 10.0. The van der Waals surface area contributed by atoms with Crippen molar-refractivity contribution in [1.29, 1.82) is 0 Å². The van der Waals surface area contributed by atoms with Gasteiger partial charge in [-0.15, -0.1) is 0 Å². The highest BCUT2D eigenvalue weighted by Gasteiger charge is 2.23. The molecule has 1 rings (SSSR count). The van der Waals surface area contributed by atoms with Crippen LogP contribution in [0.15, 0.2) is 43.1 Å². The van der Waals surface area contributed by atoms with Crippen molar-refractivity contribution in [3.63, 3.8) is 0 Å². The smallest absolute Gasteiger partial charge is 0.0429 e. The van der Waals surface area contributed by atoms with Gasteiger partial charge in [-0.3, -0.25) is 0 Å². The van der Waals surface area contributed by atoms with E-state index in [9.17, 15) is 0 Å². The topological polar surface area (TPSA) is 3.24 Å². The van der Waals surface area contributed by atoms with Crippen LogP contribution < -0.4 is 0 Å². The minimum absolute atomic E-state index is 0.179. The van der Waals surface area contributed by atoms with Gasteiger partial charge >= 0.3 is 0 Å². The molecule has 0 radical (unpaired) electrons. The number of nitrogens with zero attached hydrogens (tertiary/aromatic N) is 1. The minimum atomic E-state index is 0.179. The van der Waals surface area contributed by atoms with Crippen molar-refractivity contribution in [3.8, 4) is 0 Å². The second-order valence-electron chi connectivity index (χ2n) is 7.69. The summed E-state index contributed by atoms with van der Waals surface area (Å²) in [6.45, 7) is 12.0. The molecule has 136 valence electrons. The van der Waals surface area contributed by atoms with Crippen molar-refractivity contribution >= 4 is 0 Å². The monoisotopic (exact) mass is 329 g/mol. The van der Waals surface area contributed by atoms with Gasteiger partial charge in [0, 0.05) is 12.1 Å². The molecule has 0 fully saturated rings. The largest absolute Gasteiger partial charge is 0.369 e. The Labute approximate surface area is 151 Å². The van der Waals surface area contributed by atoms with E-state index in [1.165, 1.54) is 69.8 Å². The van der Waals surface area contributed by atoms with Gasteiger partial charge in [-0.25, -0.2) is 0 Å². The van der Waals surface area contributed by atoms with E-state index in [1.807, 2.05) is 6.20 Å². The molecule has 1 aromatic rings. The van der Waals surface area contributed by atoms with Crippen LogP contribution in [0.2, 0.25) is 0 Å². The molecule has 1 heteroatoms. The van der Waals surface area contributed by atoms with E-state index < -0.39 is 0 Å². The molecule has 0 bridgehead atoms. The highest BCUT2D eigenvalue weighted by atomic mass is 15.2. The van der Waals surface area contributed by atoms with E-state index in [0.717, 1.165) is 6.54 Å². The van der Waals surface area contributed by atoms with Crippen molar-refractivity contribution in [2.75, 3.05) is 0 Å². The van der Waals surface area contributed by atoms with E-state index in [-0.39, 0.29) is 5.54 Å². The molecule has 0 aliphatic carbocycles. The van der Waals surface area contributed by atoms with Crippen molar-refractivity contribution in [2.45, 2.75) is 97.1 Å². The highest BCUT2D eigenvalue weighted by molar-refractivity contribution is 5.15.